The third-order valence-corrected chi connectivity index (χ3v) is 4.89. The molecule has 1 atom stereocenters. The van der Waals surface area contributed by atoms with Crippen molar-refractivity contribution in [2.45, 2.75) is 31.4 Å². The summed E-state index contributed by atoms with van der Waals surface area (Å²) in [4.78, 5) is 24.3. The minimum atomic E-state index is -3.33. The van der Waals surface area contributed by atoms with Crippen LogP contribution in [-0.4, -0.2) is 32.7 Å². The first-order valence-electron chi connectivity index (χ1n) is 8.01. The van der Waals surface area contributed by atoms with E-state index in [0.717, 1.165) is 17.4 Å². The summed E-state index contributed by atoms with van der Waals surface area (Å²) in [5, 5.41) is 2.71. The molecule has 1 amide bonds. The average Bonchev–Trinajstić information content (AvgIpc) is 2.60. The van der Waals surface area contributed by atoms with Crippen LogP contribution in [0.3, 0.4) is 0 Å². The fraction of sp³-hybridized carbons (Fsp3) is 0.263. The minimum absolute atomic E-state index is 0.109. The molecule has 2 aromatic carbocycles. The molecular weight excluding hydrogens is 354 g/mol. The molecule has 138 valence electrons. The Kier molecular flexibility index (Phi) is 6.15. The minimum Gasteiger partial charge on any atom is -0.449 e. The number of benzene rings is 2. The number of carbonyl (C=O) groups excluding carboxylic acids is 2. The van der Waals surface area contributed by atoms with Crippen molar-refractivity contribution in [1.29, 1.82) is 0 Å². The first-order chi connectivity index (χ1) is 12.2. The number of rotatable bonds is 6. The fourth-order valence-electron chi connectivity index (χ4n) is 2.16. The van der Waals surface area contributed by atoms with Gasteiger partial charge in [-0.15, -0.1) is 0 Å². The summed E-state index contributed by atoms with van der Waals surface area (Å²) in [5.74, 6) is -1.10. The van der Waals surface area contributed by atoms with Crippen molar-refractivity contribution in [2.75, 3.05) is 6.26 Å². The van der Waals surface area contributed by atoms with Gasteiger partial charge < -0.3 is 10.1 Å². The summed E-state index contributed by atoms with van der Waals surface area (Å²) in [6, 6.07) is 13.1. The topological polar surface area (TPSA) is 89.5 Å². The van der Waals surface area contributed by atoms with E-state index in [9.17, 15) is 18.0 Å². The quantitative estimate of drug-likeness (QED) is 0.782. The second kappa shape index (κ2) is 8.14. The molecule has 2 aromatic rings. The molecule has 0 spiro atoms. The number of aryl methyl sites for hydroxylation is 1. The van der Waals surface area contributed by atoms with Crippen molar-refractivity contribution in [3.63, 3.8) is 0 Å². The zero-order chi connectivity index (χ0) is 19.3. The molecule has 2 rings (SSSR count). The van der Waals surface area contributed by atoms with Crippen LogP contribution in [0.2, 0.25) is 0 Å². The van der Waals surface area contributed by atoms with Gasteiger partial charge in [-0.1, -0.05) is 29.8 Å². The normalized spacial score (nSPS) is 12.3. The van der Waals surface area contributed by atoms with E-state index in [1.165, 1.54) is 31.2 Å². The summed E-state index contributed by atoms with van der Waals surface area (Å²) in [5.41, 5.74) is 2.25. The third kappa shape index (κ3) is 5.42. The van der Waals surface area contributed by atoms with Crippen molar-refractivity contribution in [3.05, 3.63) is 65.2 Å². The van der Waals surface area contributed by atoms with Gasteiger partial charge in [0.05, 0.1) is 10.5 Å². The SMILES string of the molecule is Cc1ccc(CNC(=O)[C@@H](C)OC(=O)c2ccc(S(C)(=O)=O)cc2)cc1. The Bertz CT molecular complexity index is 887. The Hall–Kier alpha value is -2.67. The van der Waals surface area contributed by atoms with Gasteiger partial charge in [0.15, 0.2) is 15.9 Å². The maximum Gasteiger partial charge on any atom is 0.338 e. The molecule has 0 bridgehead atoms. The van der Waals surface area contributed by atoms with E-state index in [0.29, 0.717) is 6.54 Å². The maximum absolute atomic E-state index is 12.1. The summed E-state index contributed by atoms with van der Waals surface area (Å²) < 4.78 is 28.0. The van der Waals surface area contributed by atoms with E-state index in [1.54, 1.807) is 0 Å². The van der Waals surface area contributed by atoms with Gasteiger partial charge in [-0.05, 0) is 43.7 Å². The highest BCUT2D eigenvalue weighted by Gasteiger charge is 2.19. The lowest BCUT2D eigenvalue weighted by molar-refractivity contribution is -0.129. The van der Waals surface area contributed by atoms with Crippen LogP contribution >= 0.6 is 0 Å². The van der Waals surface area contributed by atoms with Crippen LogP contribution in [0.4, 0.5) is 0 Å². The van der Waals surface area contributed by atoms with Crippen LogP contribution in [-0.2, 0) is 25.9 Å². The van der Waals surface area contributed by atoms with Crippen LogP contribution in [0.1, 0.15) is 28.4 Å². The lowest BCUT2D eigenvalue weighted by Crippen LogP contribution is -2.35. The molecule has 0 aliphatic rings. The molecule has 0 aliphatic carbocycles. The van der Waals surface area contributed by atoms with Crippen molar-refractivity contribution >= 4 is 21.7 Å². The number of hydrogen-bond acceptors (Lipinski definition) is 5. The van der Waals surface area contributed by atoms with Gasteiger partial charge in [-0.25, -0.2) is 13.2 Å². The highest BCUT2D eigenvalue weighted by Crippen LogP contribution is 2.12. The van der Waals surface area contributed by atoms with Gasteiger partial charge in [0.1, 0.15) is 0 Å². The predicted octanol–water partition coefficient (Wildman–Crippen LogP) is 2.26. The molecule has 0 heterocycles. The number of nitrogens with one attached hydrogen (secondary N) is 1. The Morgan fingerprint density at radius 3 is 2.15 bits per heavy atom. The van der Waals surface area contributed by atoms with Crippen molar-refractivity contribution in [2.24, 2.45) is 0 Å². The Labute approximate surface area is 153 Å². The largest absolute Gasteiger partial charge is 0.449 e. The number of carbonyl (C=O) groups is 2. The molecule has 0 fully saturated rings. The van der Waals surface area contributed by atoms with Crippen LogP contribution in [0.5, 0.6) is 0 Å². The first kappa shape index (κ1) is 19.7. The summed E-state index contributed by atoms with van der Waals surface area (Å²) in [7, 11) is -3.33. The van der Waals surface area contributed by atoms with Gasteiger partial charge in [0, 0.05) is 12.8 Å². The second-order valence-electron chi connectivity index (χ2n) is 6.05. The number of hydrogen-bond donors (Lipinski definition) is 1. The predicted molar refractivity (Wildman–Crippen MR) is 97.5 cm³/mol. The second-order valence-corrected chi connectivity index (χ2v) is 8.06. The molecule has 0 saturated carbocycles. The molecule has 26 heavy (non-hydrogen) atoms. The van der Waals surface area contributed by atoms with E-state index in [-0.39, 0.29) is 10.5 Å². The monoisotopic (exact) mass is 375 g/mol. The Balaban J connectivity index is 1.91. The average molecular weight is 375 g/mol. The number of sulfone groups is 1. The molecule has 0 unspecified atom stereocenters. The van der Waals surface area contributed by atoms with E-state index in [1.807, 2.05) is 31.2 Å². The number of esters is 1. The lowest BCUT2D eigenvalue weighted by Gasteiger charge is -2.14. The van der Waals surface area contributed by atoms with E-state index >= 15 is 0 Å². The zero-order valence-corrected chi connectivity index (χ0v) is 15.7. The molecule has 0 saturated heterocycles. The Morgan fingerprint density at radius 2 is 1.62 bits per heavy atom. The number of amides is 1. The molecule has 0 aromatic heterocycles. The summed E-state index contributed by atoms with van der Waals surface area (Å²) in [6.45, 7) is 3.80. The van der Waals surface area contributed by atoms with Crippen LogP contribution in [0, 0.1) is 6.92 Å². The molecule has 7 heteroatoms. The molecular formula is C19H21NO5S. The van der Waals surface area contributed by atoms with Crippen LogP contribution in [0.25, 0.3) is 0 Å². The van der Waals surface area contributed by atoms with Crippen molar-refractivity contribution in [3.8, 4) is 0 Å². The van der Waals surface area contributed by atoms with Gasteiger partial charge in [-0.2, -0.15) is 0 Å². The molecule has 6 nitrogen and oxygen atoms in total. The summed E-state index contributed by atoms with van der Waals surface area (Å²) >= 11 is 0. The van der Waals surface area contributed by atoms with E-state index < -0.39 is 27.8 Å². The van der Waals surface area contributed by atoms with Crippen molar-refractivity contribution < 1.29 is 22.7 Å². The van der Waals surface area contributed by atoms with E-state index in [2.05, 4.69) is 5.32 Å². The standard InChI is InChI=1S/C19H21NO5S/c1-13-4-6-15(7-5-13)12-20-18(21)14(2)25-19(22)16-8-10-17(11-9-16)26(3,23)24/h4-11,14H,12H2,1-3H3,(H,20,21)/t14-/m1/s1. The highest BCUT2D eigenvalue weighted by atomic mass is 32.2. The van der Waals surface area contributed by atoms with Gasteiger partial charge in [-0.3, -0.25) is 4.79 Å². The molecule has 0 aliphatic heterocycles. The van der Waals surface area contributed by atoms with Crippen LogP contribution in [0.15, 0.2) is 53.4 Å². The van der Waals surface area contributed by atoms with E-state index in [4.69, 9.17) is 4.74 Å². The fourth-order valence-corrected chi connectivity index (χ4v) is 2.79. The highest BCUT2D eigenvalue weighted by molar-refractivity contribution is 7.90. The Morgan fingerprint density at radius 1 is 1.04 bits per heavy atom. The smallest absolute Gasteiger partial charge is 0.338 e. The molecule has 1 N–H and O–H groups in total. The first-order valence-corrected chi connectivity index (χ1v) is 9.90. The van der Waals surface area contributed by atoms with Gasteiger partial charge >= 0.3 is 5.97 Å². The van der Waals surface area contributed by atoms with Gasteiger partial charge in [0.25, 0.3) is 5.91 Å². The van der Waals surface area contributed by atoms with Gasteiger partial charge in [0.2, 0.25) is 0 Å². The maximum atomic E-state index is 12.1. The third-order valence-electron chi connectivity index (χ3n) is 3.76. The summed E-state index contributed by atoms with van der Waals surface area (Å²) in [6.07, 6.45) is 0.114. The zero-order valence-electron chi connectivity index (χ0n) is 14.9. The van der Waals surface area contributed by atoms with Crippen LogP contribution < -0.4 is 5.32 Å². The van der Waals surface area contributed by atoms with Crippen molar-refractivity contribution in [1.82, 2.24) is 5.32 Å². The molecule has 0 radical (unpaired) electrons. The lowest BCUT2D eigenvalue weighted by atomic mass is 10.1. The number of ether oxygens (including phenoxy) is 1.